The first-order valence-electron chi connectivity index (χ1n) is 12.1. The van der Waals surface area contributed by atoms with Gasteiger partial charge in [0.25, 0.3) is 10.2 Å². The van der Waals surface area contributed by atoms with Crippen LogP contribution in [-0.4, -0.2) is 55.7 Å². The van der Waals surface area contributed by atoms with E-state index in [4.69, 9.17) is 16.3 Å². The van der Waals surface area contributed by atoms with Gasteiger partial charge in [-0.05, 0) is 40.8 Å². The minimum Gasteiger partial charge on any atom is -0.396 e. The van der Waals surface area contributed by atoms with E-state index in [1.807, 2.05) is 61.5 Å². The number of aliphatic hydroxyl groups is 1. The third kappa shape index (κ3) is 5.58. The average Bonchev–Trinajstić information content (AvgIpc) is 3.37. The van der Waals surface area contributed by atoms with Crippen molar-refractivity contribution in [3.05, 3.63) is 87.9 Å². The number of nitrogens with zero attached hydrogens (tertiary/aromatic N) is 2. The van der Waals surface area contributed by atoms with Crippen molar-refractivity contribution in [1.82, 2.24) is 14.0 Å². The molecule has 7 nitrogen and oxygen atoms in total. The molecule has 0 bridgehead atoms. The Morgan fingerprint density at radius 1 is 1.14 bits per heavy atom. The topological polar surface area (TPSA) is 91.8 Å². The standard InChI is InChI=1S/C27H28ClN3O4S2/c1-18(17-32)19-9-10-29-24(15-19)22-7-4-5-20-16-25(36-27(20)22)26(21-6-2-3-8-23(21)28)30-37(33,34)31-11-13-35-14-12-31/h2-10,15-16,18,26,30,32H,11-14,17H2,1H3. The second kappa shape index (κ2) is 11.2. The molecule has 2 aromatic heterocycles. The molecule has 1 saturated heterocycles. The van der Waals surface area contributed by atoms with E-state index in [-0.39, 0.29) is 12.5 Å². The lowest BCUT2D eigenvalue weighted by Crippen LogP contribution is -2.47. The minimum atomic E-state index is -3.80. The maximum atomic E-state index is 13.4. The normalized spacial score (nSPS) is 16.6. The Balaban J connectivity index is 1.59. The van der Waals surface area contributed by atoms with E-state index < -0.39 is 16.3 Å². The van der Waals surface area contributed by atoms with Crippen molar-refractivity contribution in [2.45, 2.75) is 18.9 Å². The van der Waals surface area contributed by atoms with Crippen LogP contribution in [0.3, 0.4) is 0 Å². The Bertz CT molecular complexity index is 1500. The van der Waals surface area contributed by atoms with Gasteiger partial charge in [-0.25, -0.2) is 0 Å². The molecule has 0 spiro atoms. The van der Waals surface area contributed by atoms with Gasteiger partial charge in [-0.3, -0.25) is 4.98 Å². The Morgan fingerprint density at radius 3 is 2.68 bits per heavy atom. The fourth-order valence-electron chi connectivity index (χ4n) is 4.43. The minimum absolute atomic E-state index is 0.000883. The van der Waals surface area contributed by atoms with Gasteiger partial charge in [-0.2, -0.15) is 17.4 Å². The molecule has 10 heteroatoms. The van der Waals surface area contributed by atoms with Crippen LogP contribution in [0, 0.1) is 0 Å². The summed E-state index contributed by atoms with van der Waals surface area (Å²) in [6.07, 6.45) is 1.76. The number of hydrogen-bond acceptors (Lipinski definition) is 6. The molecule has 2 aromatic carbocycles. The van der Waals surface area contributed by atoms with Gasteiger partial charge in [0.1, 0.15) is 0 Å². The van der Waals surface area contributed by atoms with Gasteiger partial charge in [0.15, 0.2) is 0 Å². The number of thiophene rings is 1. The summed E-state index contributed by atoms with van der Waals surface area (Å²) in [5.74, 6) is -0.000883. The predicted octanol–water partition coefficient (Wildman–Crippen LogP) is 4.97. The van der Waals surface area contributed by atoms with Crippen molar-refractivity contribution in [3.8, 4) is 11.3 Å². The summed E-state index contributed by atoms with van der Waals surface area (Å²) < 4.78 is 37.4. The van der Waals surface area contributed by atoms with E-state index in [0.717, 1.165) is 31.8 Å². The van der Waals surface area contributed by atoms with E-state index in [9.17, 15) is 13.5 Å². The number of aromatic nitrogens is 1. The van der Waals surface area contributed by atoms with E-state index in [1.54, 1.807) is 12.3 Å². The number of nitrogens with one attached hydrogen (secondary N) is 1. The van der Waals surface area contributed by atoms with E-state index in [0.29, 0.717) is 36.9 Å². The van der Waals surface area contributed by atoms with Crippen LogP contribution in [0.5, 0.6) is 0 Å². The number of rotatable bonds is 8. The van der Waals surface area contributed by atoms with Crippen LogP contribution >= 0.6 is 22.9 Å². The van der Waals surface area contributed by atoms with Crippen molar-refractivity contribution < 1.29 is 18.3 Å². The molecule has 194 valence electrons. The smallest absolute Gasteiger partial charge is 0.280 e. The largest absolute Gasteiger partial charge is 0.396 e. The molecule has 0 saturated carbocycles. The Morgan fingerprint density at radius 2 is 1.92 bits per heavy atom. The maximum absolute atomic E-state index is 13.4. The predicted molar refractivity (Wildman–Crippen MR) is 148 cm³/mol. The number of aliphatic hydroxyl groups excluding tert-OH is 1. The Kier molecular flexibility index (Phi) is 7.92. The molecular weight excluding hydrogens is 530 g/mol. The molecule has 4 aromatic rings. The van der Waals surface area contributed by atoms with Gasteiger partial charge >= 0.3 is 0 Å². The van der Waals surface area contributed by atoms with Gasteiger partial charge in [0.05, 0.1) is 24.9 Å². The molecule has 37 heavy (non-hydrogen) atoms. The quantitative estimate of drug-likeness (QED) is 0.319. The van der Waals surface area contributed by atoms with E-state index in [2.05, 4.69) is 9.71 Å². The van der Waals surface area contributed by atoms with Crippen LogP contribution in [0.25, 0.3) is 21.3 Å². The zero-order valence-electron chi connectivity index (χ0n) is 20.3. The number of morpholine rings is 1. The Labute approximate surface area is 225 Å². The zero-order chi connectivity index (χ0) is 26.0. The van der Waals surface area contributed by atoms with Gasteiger partial charge < -0.3 is 9.84 Å². The molecular formula is C27H28ClN3O4S2. The number of halogens is 1. The van der Waals surface area contributed by atoms with Crippen LogP contribution in [0.2, 0.25) is 5.02 Å². The zero-order valence-corrected chi connectivity index (χ0v) is 22.7. The molecule has 0 aliphatic carbocycles. The molecule has 0 amide bonds. The first kappa shape index (κ1) is 26.2. The Hall–Kier alpha value is -2.37. The van der Waals surface area contributed by atoms with E-state index >= 15 is 0 Å². The highest BCUT2D eigenvalue weighted by Gasteiger charge is 2.30. The summed E-state index contributed by atoms with van der Waals surface area (Å²) in [5, 5.41) is 11.1. The molecule has 2 atom stereocenters. The molecule has 2 unspecified atom stereocenters. The SMILES string of the molecule is CC(CO)c1ccnc(-c2cccc3cc(C(NS(=O)(=O)N4CCOCC4)c4ccccc4Cl)sc23)c1. The highest BCUT2D eigenvalue weighted by Crippen LogP contribution is 2.40. The van der Waals surface area contributed by atoms with Crippen molar-refractivity contribution in [2.24, 2.45) is 0 Å². The monoisotopic (exact) mass is 557 g/mol. The number of benzene rings is 2. The highest BCUT2D eigenvalue weighted by atomic mass is 35.5. The molecule has 1 aliphatic rings. The lowest BCUT2D eigenvalue weighted by Gasteiger charge is -2.28. The van der Waals surface area contributed by atoms with Crippen molar-refractivity contribution >= 4 is 43.2 Å². The molecule has 2 N–H and O–H groups in total. The summed E-state index contributed by atoms with van der Waals surface area (Å²) in [6.45, 7) is 3.36. The first-order valence-corrected chi connectivity index (χ1v) is 14.7. The third-order valence-corrected chi connectivity index (χ3v) is 9.72. The van der Waals surface area contributed by atoms with Gasteiger partial charge in [0, 0.05) is 52.0 Å². The van der Waals surface area contributed by atoms with Crippen molar-refractivity contribution in [2.75, 3.05) is 32.9 Å². The van der Waals surface area contributed by atoms with Gasteiger partial charge in [-0.1, -0.05) is 54.9 Å². The lowest BCUT2D eigenvalue weighted by atomic mass is 10.00. The van der Waals surface area contributed by atoms with Gasteiger partial charge in [0.2, 0.25) is 0 Å². The fraction of sp³-hybridized carbons (Fsp3) is 0.296. The average molecular weight is 558 g/mol. The summed E-state index contributed by atoms with van der Waals surface area (Å²) in [6, 6.07) is 18.6. The van der Waals surface area contributed by atoms with E-state index in [1.165, 1.54) is 15.6 Å². The molecule has 0 radical (unpaired) electrons. The number of fused-ring (bicyclic) bond motifs is 1. The highest BCUT2D eigenvalue weighted by molar-refractivity contribution is 7.87. The summed E-state index contributed by atoms with van der Waals surface area (Å²) in [4.78, 5) is 5.42. The molecule has 1 aliphatic heterocycles. The number of hydrogen-bond donors (Lipinski definition) is 2. The van der Waals surface area contributed by atoms with Crippen LogP contribution in [0.4, 0.5) is 0 Å². The summed E-state index contributed by atoms with van der Waals surface area (Å²) in [7, 11) is -3.80. The van der Waals surface area contributed by atoms with Crippen molar-refractivity contribution in [1.29, 1.82) is 0 Å². The third-order valence-electron chi connectivity index (χ3n) is 6.54. The fourth-order valence-corrected chi connectivity index (χ4v) is 7.33. The van der Waals surface area contributed by atoms with Crippen LogP contribution in [0.15, 0.2) is 66.9 Å². The molecule has 3 heterocycles. The van der Waals surface area contributed by atoms with Crippen LogP contribution in [0.1, 0.15) is 34.9 Å². The molecule has 1 fully saturated rings. The number of ether oxygens (including phenoxy) is 1. The van der Waals surface area contributed by atoms with Crippen LogP contribution < -0.4 is 4.72 Å². The number of pyridine rings is 1. The lowest BCUT2D eigenvalue weighted by molar-refractivity contribution is 0.0724. The first-order chi connectivity index (χ1) is 17.9. The summed E-state index contributed by atoms with van der Waals surface area (Å²) in [5.41, 5.74) is 3.45. The summed E-state index contributed by atoms with van der Waals surface area (Å²) >= 11 is 8.10. The molecule has 5 rings (SSSR count). The van der Waals surface area contributed by atoms with Gasteiger partial charge in [-0.15, -0.1) is 11.3 Å². The van der Waals surface area contributed by atoms with Crippen molar-refractivity contribution in [3.63, 3.8) is 0 Å². The maximum Gasteiger partial charge on any atom is 0.280 e. The second-order valence-electron chi connectivity index (χ2n) is 9.02. The second-order valence-corrected chi connectivity index (χ2v) is 12.2. The van der Waals surface area contributed by atoms with Crippen LogP contribution in [-0.2, 0) is 14.9 Å².